The third kappa shape index (κ3) is 2.57. The molecule has 16 heavy (non-hydrogen) atoms. The summed E-state index contributed by atoms with van der Waals surface area (Å²) in [6.07, 6.45) is 0.487. The average molecular weight is 288 g/mol. The number of hydrogen-bond donors (Lipinski definition) is 0. The lowest BCUT2D eigenvalue weighted by Gasteiger charge is -2.08. The maximum absolute atomic E-state index is 11.3. The highest BCUT2D eigenvalue weighted by Crippen LogP contribution is 2.25. The largest absolute Gasteiger partial charge is 0.477 e. The summed E-state index contributed by atoms with van der Waals surface area (Å²) in [5.41, 5.74) is 0.103. The van der Waals surface area contributed by atoms with Crippen molar-refractivity contribution in [1.82, 2.24) is 4.98 Å². The number of esters is 1. The molecule has 1 aromatic rings. The van der Waals surface area contributed by atoms with E-state index in [1.165, 1.54) is 13.2 Å². The first-order chi connectivity index (χ1) is 7.63. The number of ether oxygens (including phenoxy) is 2. The molecular weight excluding hydrogens is 278 g/mol. The first-order valence-electron chi connectivity index (χ1n) is 4.50. The van der Waals surface area contributed by atoms with Gasteiger partial charge in [0.15, 0.2) is 6.29 Å². The summed E-state index contributed by atoms with van der Waals surface area (Å²) >= 11 is 3.20. The number of nitrogens with zero attached hydrogens (tertiary/aromatic N) is 1. The Morgan fingerprint density at radius 3 is 2.81 bits per heavy atom. The zero-order valence-electron chi connectivity index (χ0n) is 8.82. The predicted octanol–water partition coefficient (Wildman–Crippen LogP) is 1.84. The van der Waals surface area contributed by atoms with Gasteiger partial charge in [0.05, 0.1) is 23.8 Å². The molecule has 0 amide bonds. The Morgan fingerprint density at radius 1 is 1.62 bits per heavy atom. The van der Waals surface area contributed by atoms with Gasteiger partial charge in [-0.15, -0.1) is 0 Å². The molecule has 0 unspecified atom stereocenters. The minimum Gasteiger partial charge on any atom is -0.477 e. The van der Waals surface area contributed by atoms with Gasteiger partial charge in [0.25, 0.3) is 0 Å². The van der Waals surface area contributed by atoms with Gasteiger partial charge in [-0.1, -0.05) is 0 Å². The molecular formula is C10H10BrNO4. The minimum atomic E-state index is -0.613. The molecule has 0 aliphatic heterocycles. The third-order valence-corrected chi connectivity index (χ3v) is 2.34. The molecule has 0 bridgehead atoms. The number of halogens is 1. The highest BCUT2D eigenvalue weighted by molar-refractivity contribution is 9.10. The minimum absolute atomic E-state index is 0.00139. The van der Waals surface area contributed by atoms with Crippen molar-refractivity contribution in [3.8, 4) is 5.88 Å². The fourth-order valence-corrected chi connectivity index (χ4v) is 1.52. The van der Waals surface area contributed by atoms with Crippen LogP contribution < -0.4 is 4.74 Å². The monoisotopic (exact) mass is 287 g/mol. The van der Waals surface area contributed by atoms with E-state index in [0.717, 1.165) is 0 Å². The van der Waals surface area contributed by atoms with Crippen molar-refractivity contribution < 1.29 is 19.1 Å². The lowest BCUT2D eigenvalue weighted by molar-refractivity contribution is 0.0597. The van der Waals surface area contributed by atoms with Crippen molar-refractivity contribution in [2.45, 2.75) is 6.92 Å². The van der Waals surface area contributed by atoms with Crippen LogP contribution in [-0.4, -0.2) is 31.0 Å². The molecule has 0 radical (unpaired) electrons. The van der Waals surface area contributed by atoms with Crippen molar-refractivity contribution in [1.29, 1.82) is 0 Å². The summed E-state index contributed by atoms with van der Waals surface area (Å²) in [6, 6.07) is 1.45. The van der Waals surface area contributed by atoms with E-state index in [1.807, 2.05) is 0 Å². The van der Waals surface area contributed by atoms with Crippen LogP contribution in [0.25, 0.3) is 0 Å². The third-order valence-electron chi connectivity index (χ3n) is 1.77. The summed E-state index contributed by atoms with van der Waals surface area (Å²) in [5, 5.41) is 0. The SMILES string of the molecule is CCOc1nc(C=O)c(C(=O)OC)cc1Br. The topological polar surface area (TPSA) is 65.5 Å². The number of aldehydes is 1. The normalized spacial score (nSPS) is 9.69. The van der Waals surface area contributed by atoms with E-state index in [9.17, 15) is 9.59 Å². The fourth-order valence-electron chi connectivity index (χ4n) is 1.09. The highest BCUT2D eigenvalue weighted by atomic mass is 79.9. The number of rotatable bonds is 4. The van der Waals surface area contributed by atoms with Crippen LogP contribution >= 0.6 is 15.9 Å². The quantitative estimate of drug-likeness (QED) is 0.624. The second kappa shape index (κ2) is 5.60. The van der Waals surface area contributed by atoms with Crippen LogP contribution in [0.2, 0.25) is 0 Å². The van der Waals surface area contributed by atoms with Crippen molar-refractivity contribution in [3.05, 3.63) is 21.8 Å². The fraction of sp³-hybridized carbons (Fsp3) is 0.300. The van der Waals surface area contributed by atoms with Crippen LogP contribution in [0.4, 0.5) is 0 Å². The molecule has 86 valence electrons. The lowest BCUT2D eigenvalue weighted by atomic mass is 10.2. The van der Waals surface area contributed by atoms with Crippen LogP contribution in [0.5, 0.6) is 5.88 Å². The Morgan fingerprint density at radius 2 is 2.31 bits per heavy atom. The highest BCUT2D eigenvalue weighted by Gasteiger charge is 2.16. The average Bonchev–Trinajstić information content (AvgIpc) is 2.30. The molecule has 0 fully saturated rings. The standard InChI is InChI=1S/C10H10BrNO4/c1-3-16-9-7(11)4-6(10(14)15-2)8(5-13)12-9/h4-5H,3H2,1-2H3. The molecule has 0 saturated heterocycles. The molecule has 0 atom stereocenters. The summed E-state index contributed by atoms with van der Waals surface area (Å²) in [7, 11) is 1.24. The number of methoxy groups -OCH3 is 1. The maximum Gasteiger partial charge on any atom is 0.340 e. The Labute approximate surface area is 101 Å². The van der Waals surface area contributed by atoms with Gasteiger partial charge in [0, 0.05) is 0 Å². The van der Waals surface area contributed by atoms with Crippen LogP contribution in [0, 0.1) is 0 Å². The Kier molecular flexibility index (Phi) is 4.42. The van der Waals surface area contributed by atoms with Gasteiger partial charge in [-0.05, 0) is 28.9 Å². The molecule has 1 aromatic heterocycles. The Bertz CT molecular complexity index is 420. The zero-order chi connectivity index (χ0) is 12.1. The molecule has 6 heteroatoms. The van der Waals surface area contributed by atoms with Crippen molar-refractivity contribution >= 4 is 28.2 Å². The number of carbonyl (C=O) groups excluding carboxylic acids is 2. The zero-order valence-corrected chi connectivity index (χ0v) is 10.4. The maximum atomic E-state index is 11.3. The first kappa shape index (κ1) is 12.6. The summed E-state index contributed by atoms with van der Waals surface area (Å²) in [5.74, 6) is -0.337. The second-order valence-corrected chi connectivity index (χ2v) is 3.60. The van der Waals surface area contributed by atoms with E-state index >= 15 is 0 Å². The van der Waals surface area contributed by atoms with Gasteiger partial charge in [0.1, 0.15) is 5.69 Å². The van der Waals surface area contributed by atoms with Gasteiger partial charge in [-0.2, -0.15) is 0 Å². The summed E-state index contributed by atoms with van der Waals surface area (Å²) < 4.78 is 10.2. The smallest absolute Gasteiger partial charge is 0.340 e. The molecule has 0 spiro atoms. The molecule has 1 heterocycles. The number of pyridine rings is 1. The second-order valence-electron chi connectivity index (χ2n) is 2.75. The molecule has 0 N–H and O–H groups in total. The summed E-state index contributed by atoms with van der Waals surface area (Å²) in [4.78, 5) is 26.0. The van der Waals surface area contributed by atoms with Crippen LogP contribution in [0.1, 0.15) is 27.8 Å². The van der Waals surface area contributed by atoms with Crippen molar-refractivity contribution in [3.63, 3.8) is 0 Å². The predicted molar refractivity (Wildman–Crippen MR) is 59.8 cm³/mol. The molecule has 1 rings (SSSR count). The number of carbonyl (C=O) groups is 2. The molecule has 0 aliphatic rings. The van der Waals surface area contributed by atoms with E-state index in [2.05, 4.69) is 25.7 Å². The first-order valence-corrected chi connectivity index (χ1v) is 5.30. The number of aromatic nitrogens is 1. The Hall–Kier alpha value is -1.43. The molecule has 0 aromatic carbocycles. The van der Waals surface area contributed by atoms with Crippen molar-refractivity contribution in [2.24, 2.45) is 0 Å². The lowest BCUT2D eigenvalue weighted by Crippen LogP contribution is -2.09. The van der Waals surface area contributed by atoms with Crippen LogP contribution in [-0.2, 0) is 4.74 Å². The summed E-state index contributed by atoms with van der Waals surface area (Å²) in [6.45, 7) is 2.21. The van der Waals surface area contributed by atoms with Crippen molar-refractivity contribution in [2.75, 3.05) is 13.7 Å². The van der Waals surface area contributed by atoms with E-state index < -0.39 is 5.97 Å². The number of hydrogen-bond acceptors (Lipinski definition) is 5. The molecule has 0 aliphatic carbocycles. The van der Waals surface area contributed by atoms with Gasteiger partial charge in [0.2, 0.25) is 5.88 Å². The van der Waals surface area contributed by atoms with Crippen LogP contribution in [0.15, 0.2) is 10.5 Å². The van der Waals surface area contributed by atoms with E-state index in [1.54, 1.807) is 6.92 Å². The van der Waals surface area contributed by atoms with E-state index in [-0.39, 0.29) is 17.1 Å². The van der Waals surface area contributed by atoms with Gasteiger partial charge >= 0.3 is 5.97 Å². The van der Waals surface area contributed by atoms with Gasteiger partial charge < -0.3 is 9.47 Å². The Balaban J connectivity index is 3.26. The van der Waals surface area contributed by atoms with Gasteiger partial charge in [-0.3, -0.25) is 4.79 Å². The van der Waals surface area contributed by atoms with E-state index in [0.29, 0.717) is 17.4 Å². The molecule has 5 nitrogen and oxygen atoms in total. The van der Waals surface area contributed by atoms with E-state index in [4.69, 9.17) is 4.74 Å². The van der Waals surface area contributed by atoms with Crippen LogP contribution in [0.3, 0.4) is 0 Å². The van der Waals surface area contributed by atoms with Gasteiger partial charge in [-0.25, -0.2) is 9.78 Å². The molecule has 0 saturated carbocycles.